The lowest BCUT2D eigenvalue weighted by atomic mass is 10.1. The lowest BCUT2D eigenvalue weighted by Crippen LogP contribution is -2.32. The number of likely N-dealkylation sites (tertiary alicyclic amines) is 1. The maximum Gasteiger partial charge on any atom is 0.123 e. The summed E-state index contributed by atoms with van der Waals surface area (Å²) < 4.78 is 14.9. The Morgan fingerprint density at radius 1 is 1.20 bits per heavy atom. The highest BCUT2D eigenvalue weighted by molar-refractivity contribution is 5.58. The molecule has 2 heterocycles. The van der Waals surface area contributed by atoms with Gasteiger partial charge in [-0.25, -0.2) is 4.39 Å². The van der Waals surface area contributed by atoms with Gasteiger partial charge in [0.05, 0.1) is 12.2 Å². The molecule has 1 aliphatic carbocycles. The number of benzene rings is 1. The van der Waals surface area contributed by atoms with E-state index in [0.717, 1.165) is 29.8 Å². The molecule has 1 unspecified atom stereocenters. The topological polar surface area (TPSA) is 21.1 Å². The number of aromatic nitrogens is 2. The Kier molecular flexibility index (Phi) is 2.67. The second-order valence-corrected chi connectivity index (χ2v) is 6.05. The first-order chi connectivity index (χ1) is 9.70. The molecule has 2 aliphatic rings. The summed E-state index contributed by atoms with van der Waals surface area (Å²) in [5, 5.41) is 4.62. The SMILES string of the molecule is CN1C2C[C@H]2C[C@H]1Cn1ccc(-c2ccc(F)cc2)n1. The fourth-order valence-corrected chi connectivity index (χ4v) is 3.43. The van der Waals surface area contributed by atoms with Crippen LogP contribution in [0.3, 0.4) is 0 Å². The van der Waals surface area contributed by atoms with Crippen molar-refractivity contribution < 1.29 is 4.39 Å². The van der Waals surface area contributed by atoms with Crippen LogP contribution in [0.15, 0.2) is 36.5 Å². The number of nitrogens with zero attached hydrogens (tertiary/aromatic N) is 3. The lowest BCUT2D eigenvalue weighted by Gasteiger charge is -2.22. The maximum absolute atomic E-state index is 12.9. The first kappa shape index (κ1) is 12.1. The maximum atomic E-state index is 12.9. The Labute approximate surface area is 118 Å². The molecule has 0 amide bonds. The minimum Gasteiger partial charge on any atom is -0.298 e. The fourth-order valence-electron chi connectivity index (χ4n) is 3.43. The van der Waals surface area contributed by atoms with Crippen LogP contribution in [0, 0.1) is 11.7 Å². The number of likely N-dealkylation sites (N-methyl/N-ethyl adjacent to an activating group) is 1. The predicted octanol–water partition coefficient (Wildman–Crippen LogP) is 2.78. The molecule has 1 aliphatic heterocycles. The zero-order valence-corrected chi connectivity index (χ0v) is 11.5. The third-order valence-electron chi connectivity index (χ3n) is 4.74. The van der Waals surface area contributed by atoms with E-state index in [4.69, 9.17) is 0 Å². The van der Waals surface area contributed by atoms with Gasteiger partial charge >= 0.3 is 0 Å². The quantitative estimate of drug-likeness (QED) is 0.856. The van der Waals surface area contributed by atoms with Crippen LogP contribution < -0.4 is 0 Å². The Bertz CT molecular complexity index is 619. The molecule has 1 saturated carbocycles. The Hall–Kier alpha value is -1.68. The highest BCUT2D eigenvalue weighted by Gasteiger charge is 2.49. The predicted molar refractivity (Wildman–Crippen MR) is 75.7 cm³/mol. The van der Waals surface area contributed by atoms with E-state index >= 15 is 0 Å². The van der Waals surface area contributed by atoms with Gasteiger partial charge in [0.1, 0.15) is 5.82 Å². The van der Waals surface area contributed by atoms with E-state index in [-0.39, 0.29) is 5.82 Å². The molecule has 2 aromatic rings. The summed E-state index contributed by atoms with van der Waals surface area (Å²) in [7, 11) is 2.23. The molecule has 0 radical (unpaired) electrons. The normalized spacial score (nSPS) is 28.6. The molecular formula is C16H18FN3. The summed E-state index contributed by atoms with van der Waals surface area (Å²) in [5.74, 6) is 0.720. The van der Waals surface area contributed by atoms with E-state index in [1.165, 1.54) is 25.0 Å². The van der Waals surface area contributed by atoms with E-state index in [0.29, 0.717) is 6.04 Å². The summed E-state index contributed by atoms with van der Waals surface area (Å²) in [6.07, 6.45) is 4.70. The third-order valence-corrected chi connectivity index (χ3v) is 4.74. The average Bonchev–Trinajstić information content (AvgIpc) is 2.94. The molecule has 1 aromatic carbocycles. The van der Waals surface area contributed by atoms with Crippen molar-refractivity contribution in [2.45, 2.75) is 31.5 Å². The average molecular weight is 271 g/mol. The van der Waals surface area contributed by atoms with Crippen molar-refractivity contribution in [1.82, 2.24) is 14.7 Å². The fraction of sp³-hybridized carbons (Fsp3) is 0.438. The van der Waals surface area contributed by atoms with E-state index in [9.17, 15) is 4.39 Å². The van der Waals surface area contributed by atoms with Crippen molar-refractivity contribution in [2.24, 2.45) is 5.92 Å². The summed E-state index contributed by atoms with van der Waals surface area (Å²) in [6, 6.07) is 9.95. The van der Waals surface area contributed by atoms with E-state index < -0.39 is 0 Å². The van der Waals surface area contributed by atoms with Crippen LogP contribution >= 0.6 is 0 Å². The molecule has 0 bridgehead atoms. The van der Waals surface area contributed by atoms with Crippen LogP contribution in [0.2, 0.25) is 0 Å². The van der Waals surface area contributed by atoms with Crippen molar-refractivity contribution in [3.63, 3.8) is 0 Å². The number of hydrogen-bond acceptors (Lipinski definition) is 2. The summed E-state index contributed by atoms with van der Waals surface area (Å²) in [4.78, 5) is 2.50. The minimum atomic E-state index is -0.208. The van der Waals surface area contributed by atoms with E-state index in [1.54, 1.807) is 12.1 Å². The highest BCUT2D eigenvalue weighted by Crippen LogP contribution is 2.47. The molecule has 0 spiro atoms. The molecular weight excluding hydrogens is 253 g/mol. The second kappa shape index (κ2) is 4.42. The van der Waals surface area contributed by atoms with Crippen LogP contribution in [0.1, 0.15) is 12.8 Å². The number of rotatable bonds is 3. The number of piperidine rings is 1. The zero-order chi connectivity index (χ0) is 13.7. The molecule has 3 atom stereocenters. The van der Waals surface area contributed by atoms with Crippen LogP contribution in [0.4, 0.5) is 4.39 Å². The van der Waals surface area contributed by atoms with Gasteiger partial charge in [0.25, 0.3) is 0 Å². The van der Waals surface area contributed by atoms with Gasteiger partial charge in [0, 0.05) is 23.8 Å². The van der Waals surface area contributed by atoms with Gasteiger partial charge in [-0.15, -0.1) is 0 Å². The molecule has 1 aromatic heterocycles. The van der Waals surface area contributed by atoms with Gasteiger partial charge in [-0.05, 0) is 56.1 Å². The molecule has 104 valence electrons. The Morgan fingerprint density at radius 2 is 2.00 bits per heavy atom. The van der Waals surface area contributed by atoms with Gasteiger partial charge in [0.15, 0.2) is 0 Å². The van der Waals surface area contributed by atoms with Crippen molar-refractivity contribution in [3.05, 3.63) is 42.3 Å². The molecule has 2 fully saturated rings. The summed E-state index contributed by atoms with van der Waals surface area (Å²) in [6.45, 7) is 0.949. The number of fused-ring (bicyclic) bond motifs is 1. The van der Waals surface area contributed by atoms with Crippen LogP contribution in [-0.4, -0.2) is 33.8 Å². The van der Waals surface area contributed by atoms with Crippen LogP contribution in [0.5, 0.6) is 0 Å². The minimum absolute atomic E-state index is 0.208. The first-order valence-electron chi connectivity index (χ1n) is 7.22. The van der Waals surface area contributed by atoms with Crippen molar-refractivity contribution in [2.75, 3.05) is 7.05 Å². The van der Waals surface area contributed by atoms with Crippen molar-refractivity contribution in [3.8, 4) is 11.3 Å². The number of halogens is 1. The second-order valence-electron chi connectivity index (χ2n) is 6.05. The number of hydrogen-bond donors (Lipinski definition) is 0. The molecule has 20 heavy (non-hydrogen) atoms. The first-order valence-corrected chi connectivity index (χ1v) is 7.22. The molecule has 4 rings (SSSR count). The van der Waals surface area contributed by atoms with Gasteiger partial charge in [0.2, 0.25) is 0 Å². The van der Waals surface area contributed by atoms with Gasteiger partial charge < -0.3 is 0 Å². The van der Waals surface area contributed by atoms with Gasteiger partial charge in [-0.3, -0.25) is 9.58 Å². The molecule has 4 heteroatoms. The molecule has 3 nitrogen and oxygen atoms in total. The largest absolute Gasteiger partial charge is 0.298 e. The monoisotopic (exact) mass is 271 g/mol. The zero-order valence-electron chi connectivity index (χ0n) is 11.5. The third kappa shape index (κ3) is 2.04. The van der Waals surface area contributed by atoms with Crippen LogP contribution in [-0.2, 0) is 6.54 Å². The van der Waals surface area contributed by atoms with Crippen molar-refractivity contribution >= 4 is 0 Å². The van der Waals surface area contributed by atoms with E-state index in [2.05, 4.69) is 17.0 Å². The van der Waals surface area contributed by atoms with Gasteiger partial charge in [-0.2, -0.15) is 5.10 Å². The summed E-state index contributed by atoms with van der Waals surface area (Å²) >= 11 is 0. The molecule has 0 N–H and O–H groups in total. The van der Waals surface area contributed by atoms with Crippen LogP contribution in [0.25, 0.3) is 11.3 Å². The van der Waals surface area contributed by atoms with E-state index in [1.807, 2.05) is 16.9 Å². The smallest absolute Gasteiger partial charge is 0.123 e. The van der Waals surface area contributed by atoms with Crippen molar-refractivity contribution in [1.29, 1.82) is 0 Å². The standard InChI is InChI=1S/C16H18FN3/c1-19-14(8-12-9-16(12)19)10-20-7-6-15(18-20)11-2-4-13(17)5-3-11/h2-7,12,14,16H,8-10H2,1H3/t12-,14+,16?/m1/s1. The summed E-state index contributed by atoms with van der Waals surface area (Å²) in [5.41, 5.74) is 1.88. The van der Waals surface area contributed by atoms with Gasteiger partial charge in [-0.1, -0.05) is 0 Å². The lowest BCUT2D eigenvalue weighted by molar-refractivity contribution is 0.238. The molecule has 1 saturated heterocycles. The highest BCUT2D eigenvalue weighted by atomic mass is 19.1. The Morgan fingerprint density at radius 3 is 2.70 bits per heavy atom. The Balaban J connectivity index is 1.49.